The van der Waals surface area contributed by atoms with Crippen LogP contribution >= 0.6 is 0 Å². The number of halogens is 1. The van der Waals surface area contributed by atoms with E-state index in [0.717, 1.165) is 12.1 Å². The highest BCUT2D eigenvalue weighted by Crippen LogP contribution is 2.24. The van der Waals surface area contributed by atoms with Crippen molar-refractivity contribution < 1.29 is 22.5 Å². The molecule has 0 saturated carbocycles. The predicted molar refractivity (Wildman–Crippen MR) is 103 cm³/mol. The molecule has 3 rings (SSSR count). The molecule has 2 aromatic carbocycles. The van der Waals surface area contributed by atoms with Gasteiger partial charge in [-0.2, -0.15) is 4.39 Å². The molecule has 1 amide bonds. The van der Waals surface area contributed by atoms with Gasteiger partial charge in [-0.3, -0.25) is 19.2 Å². The molecule has 1 heterocycles. The van der Waals surface area contributed by atoms with E-state index in [4.69, 9.17) is 0 Å². The van der Waals surface area contributed by atoms with Crippen molar-refractivity contribution in [3.63, 3.8) is 0 Å². The summed E-state index contributed by atoms with van der Waals surface area (Å²) in [4.78, 5) is 21.8. The quantitative estimate of drug-likeness (QED) is 0.467. The van der Waals surface area contributed by atoms with Crippen LogP contribution in [0.4, 0.5) is 21.5 Å². The Hall–Kier alpha value is -3.27. The van der Waals surface area contributed by atoms with E-state index in [1.165, 1.54) is 22.5 Å². The van der Waals surface area contributed by atoms with Gasteiger partial charge in [0.15, 0.2) is 0 Å². The monoisotopic (exact) mass is 405 g/mol. The number of rotatable bonds is 5. The van der Waals surface area contributed by atoms with E-state index in [1.54, 1.807) is 24.3 Å². The number of nitrogens with one attached hydrogen (secondary N) is 1. The number of carbonyl (C=O) groups is 1. The third kappa shape index (κ3) is 4.34. The molecular formula is C18H16FN3O5S. The molecule has 0 radical (unpaired) electrons. The van der Waals surface area contributed by atoms with Crippen LogP contribution < -0.4 is 9.62 Å². The van der Waals surface area contributed by atoms with Crippen LogP contribution in [0, 0.1) is 15.9 Å². The normalized spacial score (nSPS) is 15.7. The summed E-state index contributed by atoms with van der Waals surface area (Å²) < 4.78 is 38.5. The molecule has 1 fully saturated rings. The molecule has 28 heavy (non-hydrogen) atoms. The Bertz CT molecular complexity index is 1050. The SMILES string of the molecule is O=C(C=Cc1ccc(N2CCCS2(=O)=O)cc1)Nc1ccc(F)c([N+](=O)[O-])c1. The molecular weight excluding hydrogens is 389 g/mol. The van der Waals surface area contributed by atoms with Crippen LogP contribution in [-0.4, -0.2) is 31.5 Å². The van der Waals surface area contributed by atoms with Gasteiger partial charge >= 0.3 is 5.69 Å². The summed E-state index contributed by atoms with van der Waals surface area (Å²) in [6, 6.07) is 9.73. The highest BCUT2D eigenvalue weighted by Gasteiger charge is 2.28. The average Bonchev–Trinajstić information content (AvgIpc) is 3.01. The molecule has 8 nitrogen and oxygen atoms in total. The van der Waals surface area contributed by atoms with Crippen molar-refractivity contribution >= 4 is 39.1 Å². The number of nitro groups is 1. The lowest BCUT2D eigenvalue weighted by atomic mass is 10.2. The Morgan fingerprint density at radius 3 is 2.54 bits per heavy atom. The number of hydrogen-bond donors (Lipinski definition) is 1. The number of anilines is 2. The Balaban J connectivity index is 1.66. The van der Waals surface area contributed by atoms with Crippen molar-refractivity contribution in [1.82, 2.24) is 0 Å². The fourth-order valence-electron chi connectivity index (χ4n) is 2.77. The Morgan fingerprint density at radius 2 is 1.93 bits per heavy atom. The second-order valence-electron chi connectivity index (χ2n) is 6.08. The minimum Gasteiger partial charge on any atom is -0.322 e. The molecule has 1 saturated heterocycles. The van der Waals surface area contributed by atoms with Crippen molar-refractivity contribution in [1.29, 1.82) is 0 Å². The van der Waals surface area contributed by atoms with Gasteiger partial charge in [0.25, 0.3) is 0 Å². The van der Waals surface area contributed by atoms with Crippen molar-refractivity contribution in [2.24, 2.45) is 0 Å². The van der Waals surface area contributed by atoms with E-state index in [-0.39, 0.29) is 11.4 Å². The number of hydrogen-bond acceptors (Lipinski definition) is 5. The van der Waals surface area contributed by atoms with Crippen LogP contribution in [0.3, 0.4) is 0 Å². The van der Waals surface area contributed by atoms with Gasteiger partial charge < -0.3 is 5.32 Å². The summed E-state index contributed by atoms with van der Waals surface area (Å²) in [6.45, 7) is 0.448. The fourth-order valence-corrected chi connectivity index (χ4v) is 4.33. The molecule has 0 spiro atoms. The number of amides is 1. The van der Waals surface area contributed by atoms with Crippen molar-refractivity contribution in [2.75, 3.05) is 21.9 Å². The highest BCUT2D eigenvalue weighted by atomic mass is 32.2. The van der Waals surface area contributed by atoms with E-state index in [2.05, 4.69) is 5.32 Å². The molecule has 1 N–H and O–H groups in total. The van der Waals surface area contributed by atoms with Crippen LogP contribution in [-0.2, 0) is 14.8 Å². The lowest BCUT2D eigenvalue weighted by Crippen LogP contribution is -2.24. The first-order valence-electron chi connectivity index (χ1n) is 8.30. The van der Waals surface area contributed by atoms with Crippen LogP contribution in [0.1, 0.15) is 12.0 Å². The van der Waals surface area contributed by atoms with Gasteiger partial charge in [-0.1, -0.05) is 12.1 Å². The van der Waals surface area contributed by atoms with E-state index >= 15 is 0 Å². The number of carbonyl (C=O) groups excluding carboxylic acids is 1. The van der Waals surface area contributed by atoms with Crippen molar-refractivity contribution in [2.45, 2.75) is 6.42 Å². The summed E-state index contributed by atoms with van der Waals surface area (Å²) >= 11 is 0. The molecule has 1 aliphatic heterocycles. The molecule has 10 heteroatoms. The standard InChI is InChI=1S/C18H16FN3O5S/c19-16-8-5-14(12-17(16)22(24)25)20-18(23)9-4-13-2-6-15(7-3-13)21-10-1-11-28(21,26)27/h2-9,12H,1,10-11H2,(H,20,23). The predicted octanol–water partition coefficient (Wildman–Crippen LogP) is 2.93. The molecule has 2 aromatic rings. The van der Waals surface area contributed by atoms with Crippen LogP contribution in [0.25, 0.3) is 6.08 Å². The first-order chi connectivity index (χ1) is 13.3. The molecule has 0 aromatic heterocycles. The Morgan fingerprint density at radius 1 is 1.21 bits per heavy atom. The van der Waals surface area contributed by atoms with Crippen LogP contribution in [0.5, 0.6) is 0 Å². The first kappa shape index (κ1) is 19.5. The van der Waals surface area contributed by atoms with Crippen LogP contribution in [0.2, 0.25) is 0 Å². The van der Waals surface area contributed by atoms with Gasteiger partial charge in [0, 0.05) is 24.4 Å². The summed E-state index contributed by atoms with van der Waals surface area (Å²) in [6.07, 6.45) is 3.32. The van der Waals surface area contributed by atoms with E-state index < -0.39 is 32.4 Å². The Kier molecular flexibility index (Phi) is 5.41. The maximum atomic E-state index is 13.3. The van der Waals surface area contributed by atoms with Gasteiger partial charge in [-0.15, -0.1) is 0 Å². The number of sulfonamides is 1. The first-order valence-corrected chi connectivity index (χ1v) is 9.91. The van der Waals surface area contributed by atoms with Gasteiger partial charge in [-0.25, -0.2) is 8.42 Å². The molecule has 0 atom stereocenters. The van der Waals surface area contributed by atoms with E-state index in [9.17, 15) is 27.7 Å². The van der Waals surface area contributed by atoms with Crippen molar-refractivity contribution in [3.8, 4) is 0 Å². The largest absolute Gasteiger partial charge is 0.322 e. The zero-order chi connectivity index (χ0) is 20.3. The van der Waals surface area contributed by atoms with Gasteiger partial charge in [0.2, 0.25) is 21.7 Å². The zero-order valence-corrected chi connectivity index (χ0v) is 15.4. The number of nitro benzene ring substituents is 1. The minimum atomic E-state index is -3.25. The second-order valence-corrected chi connectivity index (χ2v) is 8.09. The number of nitrogens with zero attached hydrogens (tertiary/aromatic N) is 2. The van der Waals surface area contributed by atoms with Crippen LogP contribution in [0.15, 0.2) is 48.5 Å². The molecule has 0 bridgehead atoms. The lowest BCUT2D eigenvalue weighted by Gasteiger charge is -2.16. The Labute approximate surface area is 160 Å². The minimum absolute atomic E-state index is 0.0948. The smallest absolute Gasteiger partial charge is 0.306 e. The fraction of sp³-hybridized carbons (Fsp3) is 0.167. The number of benzene rings is 2. The molecule has 1 aliphatic rings. The molecule has 0 aliphatic carbocycles. The van der Waals surface area contributed by atoms with Gasteiger partial charge in [0.05, 0.1) is 16.4 Å². The average molecular weight is 405 g/mol. The van der Waals surface area contributed by atoms with E-state index in [1.807, 2.05) is 0 Å². The van der Waals surface area contributed by atoms with Gasteiger partial charge in [0.1, 0.15) is 0 Å². The maximum Gasteiger partial charge on any atom is 0.306 e. The lowest BCUT2D eigenvalue weighted by molar-refractivity contribution is -0.387. The summed E-state index contributed by atoms with van der Waals surface area (Å²) in [5, 5.41) is 13.1. The summed E-state index contributed by atoms with van der Waals surface area (Å²) in [7, 11) is -3.25. The summed E-state index contributed by atoms with van der Waals surface area (Å²) in [5.74, 6) is -1.40. The topological polar surface area (TPSA) is 110 Å². The zero-order valence-electron chi connectivity index (χ0n) is 14.5. The third-order valence-corrected chi connectivity index (χ3v) is 5.99. The van der Waals surface area contributed by atoms with E-state index in [0.29, 0.717) is 24.2 Å². The third-order valence-electron chi connectivity index (χ3n) is 4.12. The highest BCUT2D eigenvalue weighted by molar-refractivity contribution is 7.93. The van der Waals surface area contributed by atoms with Crippen molar-refractivity contribution in [3.05, 3.63) is 70.0 Å². The molecule has 0 unspecified atom stereocenters. The van der Waals surface area contributed by atoms with Gasteiger partial charge in [-0.05, 0) is 42.3 Å². The second kappa shape index (κ2) is 7.77. The summed E-state index contributed by atoms with van der Waals surface area (Å²) in [5.41, 5.74) is 0.602. The molecule has 146 valence electrons. The maximum absolute atomic E-state index is 13.3.